The average Bonchev–Trinajstić information content (AvgIpc) is 2.45. The van der Waals surface area contributed by atoms with E-state index in [0.29, 0.717) is 0 Å². The monoisotopic (exact) mass is 267 g/mol. The van der Waals surface area contributed by atoms with Crippen LogP contribution in [-0.2, 0) is 10.2 Å². The minimum absolute atomic E-state index is 0. The highest BCUT2D eigenvalue weighted by molar-refractivity contribution is 6.07. The zero-order valence-corrected chi connectivity index (χ0v) is 11.4. The molecule has 0 atom stereocenters. The fourth-order valence-electron chi connectivity index (χ4n) is 2.77. The van der Waals surface area contributed by atoms with Gasteiger partial charge in [0.1, 0.15) is 5.82 Å². The van der Waals surface area contributed by atoms with Gasteiger partial charge in [0.2, 0.25) is 5.91 Å². The van der Waals surface area contributed by atoms with Crippen molar-refractivity contribution < 1.29 is 4.79 Å². The van der Waals surface area contributed by atoms with E-state index in [1.165, 1.54) is 0 Å². The van der Waals surface area contributed by atoms with Crippen LogP contribution in [0.4, 0.5) is 5.82 Å². The van der Waals surface area contributed by atoms with Crippen molar-refractivity contribution in [2.24, 2.45) is 5.73 Å². The molecule has 2 aliphatic rings. The smallest absolute Gasteiger partial charge is 0.238 e. The number of hydrogen-bond acceptors (Lipinski definition) is 3. The lowest BCUT2D eigenvalue weighted by Gasteiger charge is -2.39. The molecule has 0 unspecified atom stereocenters. The third-order valence-corrected chi connectivity index (χ3v) is 3.96. The van der Waals surface area contributed by atoms with Crippen LogP contribution >= 0.6 is 12.4 Å². The predicted octanol–water partition coefficient (Wildman–Crippen LogP) is 1.62. The molecule has 1 aromatic rings. The molecule has 1 amide bonds. The summed E-state index contributed by atoms with van der Waals surface area (Å²) in [6, 6.07) is 4.37. The molecule has 98 valence electrons. The number of halogens is 1. The number of carbonyl (C=O) groups excluding carboxylic acids is 1. The molecule has 2 heterocycles. The summed E-state index contributed by atoms with van der Waals surface area (Å²) in [5, 5.41) is 0. The maximum absolute atomic E-state index is 12.5. The Bertz CT molecular complexity index is 483. The highest BCUT2D eigenvalue weighted by atomic mass is 35.5. The van der Waals surface area contributed by atoms with Crippen molar-refractivity contribution in [2.45, 2.75) is 44.2 Å². The van der Waals surface area contributed by atoms with E-state index in [4.69, 9.17) is 5.73 Å². The molecular weight excluding hydrogens is 250 g/mol. The van der Waals surface area contributed by atoms with Crippen LogP contribution in [0.5, 0.6) is 0 Å². The van der Waals surface area contributed by atoms with Crippen LogP contribution in [0, 0.1) is 0 Å². The molecule has 0 bridgehead atoms. The largest absolute Gasteiger partial charge is 0.328 e. The van der Waals surface area contributed by atoms with E-state index in [0.717, 1.165) is 24.2 Å². The standard InChI is InChI=1S/C13H17N3O.ClH/c1-13(2)10-4-3-5-15-11(10)16(12(13)17)9-6-8(14)7-9;/h3-5,8-9H,6-7,14H2,1-2H3;1H. The molecule has 1 aliphatic heterocycles. The average molecular weight is 268 g/mol. The van der Waals surface area contributed by atoms with Crippen molar-refractivity contribution in [1.82, 2.24) is 4.98 Å². The molecule has 3 rings (SSSR count). The number of fused-ring (bicyclic) bond motifs is 1. The summed E-state index contributed by atoms with van der Waals surface area (Å²) in [6.45, 7) is 3.93. The number of amides is 1. The Balaban J connectivity index is 0.00000120. The molecule has 0 saturated heterocycles. The first-order valence-electron chi connectivity index (χ1n) is 6.06. The lowest BCUT2D eigenvalue weighted by Crippen LogP contribution is -2.53. The van der Waals surface area contributed by atoms with Gasteiger partial charge in [0.05, 0.1) is 5.41 Å². The lowest BCUT2D eigenvalue weighted by atomic mass is 9.85. The SMILES string of the molecule is CC1(C)C(=O)N(C2CC(N)C2)c2ncccc21.Cl. The van der Waals surface area contributed by atoms with Gasteiger partial charge in [-0.1, -0.05) is 6.07 Å². The molecule has 5 heteroatoms. The lowest BCUT2D eigenvalue weighted by molar-refractivity contribution is -0.122. The zero-order valence-electron chi connectivity index (χ0n) is 10.6. The van der Waals surface area contributed by atoms with Crippen molar-refractivity contribution in [3.63, 3.8) is 0 Å². The number of carbonyl (C=O) groups is 1. The van der Waals surface area contributed by atoms with Gasteiger partial charge in [0, 0.05) is 23.8 Å². The second-order valence-electron chi connectivity index (χ2n) is 5.56. The Kier molecular flexibility index (Phi) is 3.11. The van der Waals surface area contributed by atoms with Crippen LogP contribution in [0.2, 0.25) is 0 Å². The van der Waals surface area contributed by atoms with Gasteiger partial charge in [-0.05, 0) is 32.8 Å². The van der Waals surface area contributed by atoms with Crippen molar-refractivity contribution >= 4 is 24.1 Å². The van der Waals surface area contributed by atoms with Crippen molar-refractivity contribution in [1.29, 1.82) is 0 Å². The third-order valence-electron chi connectivity index (χ3n) is 3.96. The minimum Gasteiger partial charge on any atom is -0.328 e. The normalized spacial score (nSPS) is 28.4. The van der Waals surface area contributed by atoms with E-state index in [2.05, 4.69) is 4.98 Å². The topological polar surface area (TPSA) is 59.2 Å². The molecule has 1 aliphatic carbocycles. The summed E-state index contributed by atoms with van der Waals surface area (Å²) >= 11 is 0. The first-order valence-corrected chi connectivity index (χ1v) is 6.06. The van der Waals surface area contributed by atoms with E-state index >= 15 is 0 Å². The summed E-state index contributed by atoms with van der Waals surface area (Å²) in [7, 11) is 0. The maximum Gasteiger partial charge on any atom is 0.238 e. The molecule has 1 fully saturated rings. The molecular formula is C13H18ClN3O. The highest BCUT2D eigenvalue weighted by Gasteiger charge is 2.49. The summed E-state index contributed by atoms with van der Waals surface area (Å²) in [4.78, 5) is 18.7. The second-order valence-corrected chi connectivity index (χ2v) is 5.56. The van der Waals surface area contributed by atoms with Gasteiger partial charge in [-0.25, -0.2) is 4.98 Å². The number of nitrogens with two attached hydrogens (primary N) is 1. The van der Waals surface area contributed by atoms with Crippen LogP contribution in [-0.4, -0.2) is 23.0 Å². The van der Waals surface area contributed by atoms with Gasteiger partial charge in [0.15, 0.2) is 0 Å². The van der Waals surface area contributed by atoms with E-state index in [1.807, 2.05) is 30.9 Å². The molecule has 1 aromatic heterocycles. The molecule has 1 saturated carbocycles. The van der Waals surface area contributed by atoms with Crippen molar-refractivity contribution in [3.05, 3.63) is 23.9 Å². The first kappa shape index (κ1) is 13.3. The molecule has 0 aromatic carbocycles. The Morgan fingerprint density at radius 2 is 2.11 bits per heavy atom. The number of pyridine rings is 1. The van der Waals surface area contributed by atoms with Crippen molar-refractivity contribution in [3.8, 4) is 0 Å². The van der Waals surface area contributed by atoms with Gasteiger partial charge in [0.25, 0.3) is 0 Å². The Labute approximate surface area is 113 Å². The number of aromatic nitrogens is 1. The molecule has 18 heavy (non-hydrogen) atoms. The second kappa shape index (κ2) is 4.21. The van der Waals surface area contributed by atoms with Gasteiger partial charge >= 0.3 is 0 Å². The van der Waals surface area contributed by atoms with Crippen LogP contribution in [0.3, 0.4) is 0 Å². The summed E-state index contributed by atoms with van der Waals surface area (Å²) < 4.78 is 0. The summed E-state index contributed by atoms with van der Waals surface area (Å²) in [5.41, 5.74) is 6.39. The molecule has 4 nitrogen and oxygen atoms in total. The quantitative estimate of drug-likeness (QED) is 0.841. The third kappa shape index (κ3) is 1.63. The first-order chi connectivity index (χ1) is 8.01. The number of rotatable bonds is 1. The maximum atomic E-state index is 12.5. The fourth-order valence-corrected chi connectivity index (χ4v) is 2.77. The van der Waals surface area contributed by atoms with Crippen molar-refractivity contribution in [2.75, 3.05) is 4.90 Å². The van der Waals surface area contributed by atoms with E-state index < -0.39 is 5.41 Å². The van der Waals surface area contributed by atoms with E-state index in [9.17, 15) is 4.79 Å². The molecule has 2 N–H and O–H groups in total. The number of nitrogens with zero attached hydrogens (tertiary/aromatic N) is 2. The van der Waals surface area contributed by atoms with Gasteiger partial charge in [-0.15, -0.1) is 12.4 Å². The summed E-state index contributed by atoms with van der Waals surface area (Å²) in [6.07, 6.45) is 3.52. The van der Waals surface area contributed by atoms with Gasteiger partial charge in [-0.3, -0.25) is 9.69 Å². The highest BCUT2D eigenvalue weighted by Crippen LogP contribution is 2.43. The van der Waals surface area contributed by atoms with Crippen LogP contribution < -0.4 is 10.6 Å². The molecule has 0 spiro atoms. The zero-order chi connectivity index (χ0) is 12.2. The van der Waals surface area contributed by atoms with Crippen LogP contribution in [0.25, 0.3) is 0 Å². The van der Waals surface area contributed by atoms with Crippen LogP contribution in [0.15, 0.2) is 18.3 Å². The fraction of sp³-hybridized carbons (Fsp3) is 0.538. The molecule has 0 radical (unpaired) electrons. The number of anilines is 1. The summed E-state index contributed by atoms with van der Waals surface area (Å²) in [5.74, 6) is 0.988. The predicted molar refractivity (Wildman–Crippen MR) is 73.0 cm³/mol. The van der Waals surface area contributed by atoms with Gasteiger partial charge < -0.3 is 5.73 Å². The van der Waals surface area contributed by atoms with E-state index in [1.54, 1.807) is 6.20 Å². The Morgan fingerprint density at radius 1 is 1.44 bits per heavy atom. The van der Waals surface area contributed by atoms with Crippen LogP contribution in [0.1, 0.15) is 32.3 Å². The Hall–Kier alpha value is -1.13. The van der Waals surface area contributed by atoms with E-state index in [-0.39, 0.29) is 30.4 Å². The number of hydrogen-bond donors (Lipinski definition) is 1. The Morgan fingerprint density at radius 3 is 2.72 bits per heavy atom. The van der Waals surface area contributed by atoms with Gasteiger partial charge in [-0.2, -0.15) is 0 Å². The minimum atomic E-state index is -0.455.